The van der Waals surface area contributed by atoms with Crippen LogP contribution in [-0.2, 0) is 4.79 Å². The summed E-state index contributed by atoms with van der Waals surface area (Å²) in [6, 6.07) is 1.52. The van der Waals surface area contributed by atoms with Crippen LogP contribution in [-0.4, -0.2) is 28.0 Å². The van der Waals surface area contributed by atoms with Gasteiger partial charge in [-0.3, -0.25) is 14.6 Å². The molecule has 1 heterocycles. The van der Waals surface area contributed by atoms with Gasteiger partial charge in [0, 0.05) is 17.9 Å². The molecular weight excluding hydrogens is 280 g/mol. The predicted molar refractivity (Wildman–Crippen MR) is 74.8 cm³/mol. The van der Waals surface area contributed by atoms with Crippen LogP contribution in [0.1, 0.15) is 41.7 Å². The monoisotopic (exact) mass is 296 g/mol. The van der Waals surface area contributed by atoms with Crippen molar-refractivity contribution < 1.29 is 14.7 Å². The summed E-state index contributed by atoms with van der Waals surface area (Å²) in [7, 11) is 0. The van der Waals surface area contributed by atoms with Crippen LogP contribution in [0.2, 0.25) is 5.02 Å². The smallest absolute Gasteiger partial charge is 0.306 e. The molecule has 0 spiro atoms. The highest BCUT2D eigenvalue weighted by Crippen LogP contribution is 2.25. The molecule has 20 heavy (non-hydrogen) atoms. The number of carboxylic acids is 1. The highest BCUT2D eigenvalue weighted by atomic mass is 35.5. The zero-order chi connectivity index (χ0) is 14.7. The molecule has 2 rings (SSSR count). The molecule has 0 aromatic carbocycles. The Bertz CT molecular complexity index is 533. The van der Waals surface area contributed by atoms with Crippen molar-refractivity contribution >= 4 is 23.5 Å². The van der Waals surface area contributed by atoms with Crippen molar-refractivity contribution in [1.29, 1.82) is 0 Å². The van der Waals surface area contributed by atoms with Gasteiger partial charge in [-0.15, -0.1) is 0 Å². The van der Waals surface area contributed by atoms with Crippen molar-refractivity contribution in [2.24, 2.45) is 5.92 Å². The summed E-state index contributed by atoms with van der Waals surface area (Å²) in [5.41, 5.74) is 1.07. The van der Waals surface area contributed by atoms with Crippen molar-refractivity contribution in [3.8, 4) is 0 Å². The summed E-state index contributed by atoms with van der Waals surface area (Å²) in [5, 5.41) is 12.3. The Kier molecular flexibility index (Phi) is 4.60. The molecule has 0 saturated heterocycles. The maximum absolute atomic E-state index is 12.1. The van der Waals surface area contributed by atoms with E-state index in [2.05, 4.69) is 10.3 Å². The number of rotatable bonds is 3. The highest BCUT2D eigenvalue weighted by Gasteiger charge is 2.28. The van der Waals surface area contributed by atoms with Crippen molar-refractivity contribution in [1.82, 2.24) is 10.3 Å². The van der Waals surface area contributed by atoms with Gasteiger partial charge in [0.15, 0.2) is 0 Å². The molecule has 1 aromatic rings. The third kappa shape index (κ3) is 3.48. The lowest BCUT2D eigenvalue weighted by atomic mass is 9.85. The lowest BCUT2D eigenvalue weighted by molar-refractivity contribution is -0.143. The van der Waals surface area contributed by atoms with E-state index in [1.807, 2.05) is 0 Å². The Morgan fingerprint density at radius 3 is 2.85 bits per heavy atom. The maximum Gasteiger partial charge on any atom is 0.306 e. The highest BCUT2D eigenvalue weighted by molar-refractivity contribution is 6.33. The van der Waals surface area contributed by atoms with Gasteiger partial charge >= 0.3 is 5.97 Å². The first-order valence-electron chi connectivity index (χ1n) is 6.63. The zero-order valence-corrected chi connectivity index (χ0v) is 12.0. The number of pyridine rings is 1. The van der Waals surface area contributed by atoms with E-state index >= 15 is 0 Å². The molecule has 0 radical (unpaired) electrons. The summed E-state index contributed by atoms with van der Waals surface area (Å²) >= 11 is 6.03. The molecule has 1 aliphatic rings. The van der Waals surface area contributed by atoms with E-state index in [1.54, 1.807) is 13.0 Å². The molecule has 1 aromatic heterocycles. The molecule has 1 fully saturated rings. The quantitative estimate of drug-likeness (QED) is 0.898. The second kappa shape index (κ2) is 6.22. The number of nitrogens with one attached hydrogen (secondary N) is 1. The summed E-state index contributed by atoms with van der Waals surface area (Å²) in [6.45, 7) is 1.80. The van der Waals surface area contributed by atoms with E-state index in [9.17, 15) is 9.59 Å². The minimum absolute atomic E-state index is 0.116. The van der Waals surface area contributed by atoms with Crippen LogP contribution in [0.15, 0.2) is 12.3 Å². The van der Waals surface area contributed by atoms with Crippen LogP contribution < -0.4 is 5.32 Å². The van der Waals surface area contributed by atoms with E-state index < -0.39 is 5.97 Å². The molecule has 1 aliphatic carbocycles. The number of aliphatic carboxylic acids is 1. The predicted octanol–water partition coefficient (Wildman–Crippen LogP) is 2.42. The minimum atomic E-state index is -0.793. The fourth-order valence-electron chi connectivity index (χ4n) is 2.50. The van der Waals surface area contributed by atoms with E-state index in [-0.39, 0.29) is 17.9 Å². The van der Waals surface area contributed by atoms with Crippen molar-refractivity contribution in [2.75, 3.05) is 0 Å². The fraction of sp³-hybridized carbons (Fsp3) is 0.500. The molecule has 6 heteroatoms. The standard InChI is InChI=1S/C14H17ClN2O3/c1-8-5-12(15)11(7-16-8)13(18)17-10-4-2-3-9(6-10)14(19)20/h5,7,9-10H,2-4,6H2,1H3,(H,17,18)(H,19,20). The van der Waals surface area contributed by atoms with Gasteiger partial charge in [0.05, 0.1) is 16.5 Å². The van der Waals surface area contributed by atoms with E-state index in [0.29, 0.717) is 23.4 Å². The number of nitrogens with zero attached hydrogens (tertiary/aromatic N) is 1. The largest absolute Gasteiger partial charge is 0.481 e. The topological polar surface area (TPSA) is 79.3 Å². The minimum Gasteiger partial charge on any atom is -0.481 e. The number of hydrogen-bond acceptors (Lipinski definition) is 3. The number of carboxylic acid groups (broad SMARTS) is 1. The number of amides is 1. The number of carbonyl (C=O) groups excluding carboxylic acids is 1. The molecule has 0 aliphatic heterocycles. The van der Waals surface area contributed by atoms with E-state index in [1.165, 1.54) is 6.20 Å². The number of carbonyl (C=O) groups is 2. The van der Waals surface area contributed by atoms with Gasteiger partial charge in [0.25, 0.3) is 5.91 Å². The first-order chi connectivity index (χ1) is 9.47. The van der Waals surface area contributed by atoms with Crippen LogP contribution in [0, 0.1) is 12.8 Å². The summed E-state index contributed by atoms with van der Waals surface area (Å²) in [5.74, 6) is -1.46. The second-order valence-corrected chi connectivity index (χ2v) is 5.58. The third-order valence-corrected chi connectivity index (χ3v) is 3.91. The van der Waals surface area contributed by atoms with Crippen LogP contribution in [0.3, 0.4) is 0 Å². The normalized spacial score (nSPS) is 22.3. The maximum atomic E-state index is 12.1. The first-order valence-corrected chi connectivity index (χ1v) is 7.01. The van der Waals surface area contributed by atoms with Crippen LogP contribution >= 0.6 is 11.6 Å². The number of aromatic nitrogens is 1. The summed E-state index contributed by atoms with van der Waals surface area (Å²) in [4.78, 5) is 27.2. The van der Waals surface area contributed by atoms with Crippen LogP contribution in [0.5, 0.6) is 0 Å². The second-order valence-electron chi connectivity index (χ2n) is 5.18. The molecule has 2 N–H and O–H groups in total. The molecule has 5 nitrogen and oxygen atoms in total. The Morgan fingerprint density at radius 1 is 1.45 bits per heavy atom. The van der Waals surface area contributed by atoms with E-state index in [4.69, 9.17) is 16.7 Å². The van der Waals surface area contributed by atoms with Gasteiger partial charge in [-0.1, -0.05) is 18.0 Å². The van der Waals surface area contributed by atoms with E-state index in [0.717, 1.165) is 18.5 Å². The molecular formula is C14H17ClN2O3. The average Bonchev–Trinajstić information content (AvgIpc) is 2.38. The number of aryl methyl sites for hydroxylation is 1. The molecule has 1 saturated carbocycles. The van der Waals surface area contributed by atoms with Crippen LogP contribution in [0.4, 0.5) is 0 Å². The third-order valence-electron chi connectivity index (χ3n) is 3.59. The molecule has 1 amide bonds. The molecule has 0 bridgehead atoms. The van der Waals surface area contributed by atoms with Gasteiger partial charge < -0.3 is 10.4 Å². The van der Waals surface area contributed by atoms with Gasteiger partial charge in [0.2, 0.25) is 0 Å². The average molecular weight is 297 g/mol. The van der Waals surface area contributed by atoms with Gasteiger partial charge in [0.1, 0.15) is 0 Å². The lowest BCUT2D eigenvalue weighted by Crippen LogP contribution is -2.40. The number of halogens is 1. The van der Waals surface area contributed by atoms with Gasteiger partial charge in [-0.05, 0) is 32.3 Å². The lowest BCUT2D eigenvalue weighted by Gasteiger charge is -2.27. The van der Waals surface area contributed by atoms with Crippen LogP contribution in [0.25, 0.3) is 0 Å². The Morgan fingerprint density at radius 2 is 2.20 bits per heavy atom. The zero-order valence-electron chi connectivity index (χ0n) is 11.2. The Balaban J connectivity index is 2.02. The number of hydrogen-bond donors (Lipinski definition) is 2. The van der Waals surface area contributed by atoms with Gasteiger partial charge in [-0.25, -0.2) is 0 Å². The molecule has 2 unspecified atom stereocenters. The van der Waals surface area contributed by atoms with Crippen molar-refractivity contribution in [3.63, 3.8) is 0 Å². The SMILES string of the molecule is Cc1cc(Cl)c(C(=O)NC2CCCC(C(=O)O)C2)cn1. The fourth-order valence-corrected chi connectivity index (χ4v) is 2.79. The first kappa shape index (κ1) is 14.8. The molecule has 2 atom stereocenters. The summed E-state index contributed by atoms with van der Waals surface area (Å²) < 4.78 is 0. The summed E-state index contributed by atoms with van der Waals surface area (Å²) in [6.07, 6.45) is 4.20. The Labute approximate surface area is 122 Å². The van der Waals surface area contributed by atoms with Gasteiger partial charge in [-0.2, -0.15) is 0 Å². The molecule has 108 valence electrons. The van der Waals surface area contributed by atoms with Crippen molar-refractivity contribution in [3.05, 3.63) is 28.5 Å². The van der Waals surface area contributed by atoms with Crippen molar-refractivity contribution in [2.45, 2.75) is 38.6 Å². The Hall–Kier alpha value is -1.62.